The molecule has 3 aromatic rings. The van der Waals surface area contributed by atoms with Gasteiger partial charge in [0.05, 0.1) is 16.2 Å². The zero-order chi connectivity index (χ0) is 19.4. The van der Waals surface area contributed by atoms with Gasteiger partial charge in [-0.1, -0.05) is 37.3 Å². The third-order valence-electron chi connectivity index (χ3n) is 4.13. The van der Waals surface area contributed by atoms with Crippen LogP contribution in [0.1, 0.15) is 35.0 Å². The zero-order valence-electron chi connectivity index (χ0n) is 15.1. The molecule has 0 spiro atoms. The summed E-state index contributed by atoms with van der Waals surface area (Å²) in [6.45, 7) is 4.82. The van der Waals surface area contributed by atoms with E-state index in [1.54, 1.807) is 24.3 Å². The summed E-state index contributed by atoms with van der Waals surface area (Å²) in [5.74, 6) is -0.0696. The molecule has 0 bridgehead atoms. The van der Waals surface area contributed by atoms with Gasteiger partial charge in [0.15, 0.2) is 5.78 Å². The normalized spacial score (nSPS) is 11.6. The number of nitro benzene ring substituents is 1. The molecule has 3 rings (SSSR count). The summed E-state index contributed by atoms with van der Waals surface area (Å²) in [5.41, 5.74) is 2.67. The van der Waals surface area contributed by atoms with Gasteiger partial charge in [-0.3, -0.25) is 18.9 Å². The minimum absolute atomic E-state index is 0.0120. The Morgan fingerprint density at radius 1 is 1.15 bits per heavy atom. The van der Waals surface area contributed by atoms with Crippen molar-refractivity contribution in [2.75, 3.05) is 0 Å². The second-order valence-electron chi connectivity index (χ2n) is 6.04. The number of hydrogen-bond acceptors (Lipinski definition) is 5. The largest absolute Gasteiger partial charge is 0.300 e. The second kappa shape index (κ2) is 8.09. The van der Waals surface area contributed by atoms with Crippen molar-refractivity contribution in [3.63, 3.8) is 0 Å². The molecule has 0 saturated heterocycles. The summed E-state index contributed by atoms with van der Waals surface area (Å²) in [5, 5.41) is 10.8. The molecule has 0 aliphatic carbocycles. The highest BCUT2D eigenvalue weighted by atomic mass is 32.1. The highest BCUT2D eigenvalue weighted by Gasteiger charge is 2.19. The number of carbonyl (C=O) groups excluding carboxylic acids is 1. The topological polar surface area (TPSA) is 77.5 Å². The van der Waals surface area contributed by atoms with Gasteiger partial charge < -0.3 is 0 Å². The average molecular weight is 381 g/mol. The Morgan fingerprint density at radius 3 is 2.41 bits per heavy atom. The van der Waals surface area contributed by atoms with Crippen molar-refractivity contribution < 1.29 is 9.72 Å². The fourth-order valence-electron chi connectivity index (χ4n) is 2.75. The Hall–Kier alpha value is -3.06. The molecule has 1 aromatic heterocycles. The van der Waals surface area contributed by atoms with Crippen molar-refractivity contribution >= 4 is 28.7 Å². The first kappa shape index (κ1) is 18.7. The molecule has 0 atom stereocenters. The molecule has 0 aliphatic rings. The Labute approximate surface area is 160 Å². The maximum Gasteiger partial charge on any atom is 0.269 e. The lowest BCUT2D eigenvalue weighted by Gasteiger charge is -2.03. The molecule has 7 heteroatoms. The Kier molecular flexibility index (Phi) is 5.61. The molecule has 138 valence electrons. The smallest absolute Gasteiger partial charge is 0.269 e. The van der Waals surface area contributed by atoms with Crippen LogP contribution in [-0.4, -0.2) is 14.7 Å². The van der Waals surface area contributed by atoms with E-state index in [0.29, 0.717) is 21.5 Å². The first-order valence-corrected chi connectivity index (χ1v) is 9.38. The Bertz CT molecular complexity index is 1030. The van der Waals surface area contributed by atoms with Gasteiger partial charge in [-0.25, -0.2) is 4.99 Å². The van der Waals surface area contributed by atoms with Crippen LogP contribution in [0.5, 0.6) is 0 Å². The molecule has 2 aromatic carbocycles. The predicted molar refractivity (Wildman–Crippen MR) is 106 cm³/mol. The summed E-state index contributed by atoms with van der Waals surface area (Å²) >= 11 is 1.43. The highest BCUT2D eigenvalue weighted by Crippen LogP contribution is 2.20. The van der Waals surface area contributed by atoms with E-state index in [9.17, 15) is 14.9 Å². The zero-order valence-corrected chi connectivity index (χ0v) is 15.9. The van der Waals surface area contributed by atoms with E-state index in [-0.39, 0.29) is 11.5 Å². The van der Waals surface area contributed by atoms with Crippen LogP contribution >= 0.6 is 11.5 Å². The van der Waals surface area contributed by atoms with Crippen LogP contribution in [-0.2, 0) is 6.54 Å². The van der Waals surface area contributed by atoms with Gasteiger partial charge >= 0.3 is 0 Å². The molecular weight excluding hydrogens is 362 g/mol. The second-order valence-corrected chi connectivity index (χ2v) is 7.05. The van der Waals surface area contributed by atoms with Crippen LogP contribution in [0.4, 0.5) is 11.4 Å². The fourth-order valence-corrected chi connectivity index (χ4v) is 3.94. The first-order chi connectivity index (χ1) is 13.0. The van der Waals surface area contributed by atoms with Crippen molar-refractivity contribution in [3.05, 3.63) is 86.2 Å². The third-order valence-corrected chi connectivity index (χ3v) is 5.27. The van der Waals surface area contributed by atoms with E-state index in [4.69, 9.17) is 0 Å². The molecule has 0 radical (unpaired) electrons. The van der Waals surface area contributed by atoms with Crippen LogP contribution in [0.15, 0.2) is 59.6 Å². The molecule has 6 nitrogen and oxygen atoms in total. The summed E-state index contributed by atoms with van der Waals surface area (Å²) in [6.07, 6.45) is 0.946. The number of aryl methyl sites for hydroxylation is 1. The van der Waals surface area contributed by atoms with E-state index in [2.05, 4.69) is 15.9 Å². The van der Waals surface area contributed by atoms with E-state index in [1.807, 2.05) is 25.1 Å². The molecule has 0 amide bonds. The summed E-state index contributed by atoms with van der Waals surface area (Å²) in [7, 11) is 0. The number of rotatable bonds is 6. The van der Waals surface area contributed by atoms with Gasteiger partial charge in [-0.2, -0.15) is 0 Å². The van der Waals surface area contributed by atoms with Crippen LogP contribution in [0.2, 0.25) is 0 Å². The molecule has 0 N–H and O–H groups in total. The number of hydrogen-bond donors (Lipinski definition) is 0. The van der Waals surface area contributed by atoms with E-state index in [1.165, 1.54) is 23.7 Å². The lowest BCUT2D eigenvalue weighted by molar-refractivity contribution is -0.384. The fraction of sp³-hybridized carbons (Fsp3) is 0.200. The Balaban J connectivity index is 2.12. The van der Waals surface area contributed by atoms with Crippen LogP contribution in [0.3, 0.4) is 0 Å². The SMILES string of the molecule is CCCn1sc(=Nc2ccc([N+](=O)[O-])cc2)c(C(=O)c2ccccc2)c1C. The van der Waals surface area contributed by atoms with Crippen molar-refractivity contribution in [1.29, 1.82) is 0 Å². The number of nitrogens with zero attached hydrogens (tertiary/aromatic N) is 3. The van der Waals surface area contributed by atoms with E-state index in [0.717, 1.165) is 18.7 Å². The quantitative estimate of drug-likeness (QED) is 0.354. The minimum Gasteiger partial charge on any atom is -0.300 e. The lowest BCUT2D eigenvalue weighted by atomic mass is 10.0. The third kappa shape index (κ3) is 4.03. The summed E-state index contributed by atoms with van der Waals surface area (Å²) < 4.78 is 2.68. The van der Waals surface area contributed by atoms with Gasteiger partial charge in [0.2, 0.25) is 0 Å². The van der Waals surface area contributed by atoms with Crippen LogP contribution in [0.25, 0.3) is 0 Å². The van der Waals surface area contributed by atoms with E-state index >= 15 is 0 Å². The molecule has 27 heavy (non-hydrogen) atoms. The molecule has 0 saturated carbocycles. The number of carbonyl (C=O) groups is 1. The number of ketones is 1. The Morgan fingerprint density at radius 2 is 1.81 bits per heavy atom. The van der Waals surface area contributed by atoms with Gasteiger partial charge in [-0.05, 0) is 37.0 Å². The molecule has 0 aliphatic heterocycles. The van der Waals surface area contributed by atoms with Gasteiger partial charge in [0.25, 0.3) is 5.69 Å². The predicted octanol–water partition coefficient (Wildman–Crippen LogP) is 4.64. The monoisotopic (exact) mass is 381 g/mol. The number of nitro groups is 1. The maximum absolute atomic E-state index is 13.1. The standard InChI is InChI=1S/C20H19N3O3S/c1-3-13-22-14(2)18(19(24)15-7-5-4-6-8-15)20(27-22)21-16-9-11-17(12-10-16)23(25)26/h4-12H,3,13H2,1-2H3. The first-order valence-electron chi connectivity index (χ1n) is 8.61. The van der Waals surface area contributed by atoms with E-state index < -0.39 is 4.92 Å². The van der Waals surface area contributed by atoms with Gasteiger partial charge in [0, 0.05) is 29.9 Å². The van der Waals surface area contributed by atoms with Gasteiger partial charge in [-0.15, -0.1) is 0 Å². The van der Waals surface area contributed by atoms with Crippen molar-refractivity contribution in [3.8, 4) is 0 Å². The summed E-state index contributed by atoms with van der Waals surface area (Å²) in [6, 6.07) is 15.1. The molecule has 0 unspecified atom stereocenters. The van der Waals surface area contributed by atoms with Gasteiger partial charge in [0.1, 0.15) is 4.67 Å². The van der Waals surface area contributed by atoms with Crippen molar-refractivity contribution in [1.82, 2.24) is 3.96 Å². The van der Waals surface area contributed by atoms with Crippen LogP contribution < -0.4 is 4.67 Å². The van der Waals surface area contributed by atoms with Crippen LogP contribution in [0, 0.1) is 17.0 Å². The lowest BCUT2D eigenvalue weighted by Crippen LogP contribution is -2.13. The molecule has 0 fully saturated rings. The highest BCUT2D eigenvalue weighted by molar-refractivity contribution is 7.04. The number of aromatic nitrogens is 1. The number of benzene rings is 2. The van der Waals surface area contributed by atoms with Crippen molar-refractivity contribution in [2.24, 2.45) is 4.99 Å². The average Bonchev–Trinajstić information content (AvgIpc) is 2.97. The number of non-ortho nitro benzene ring substituents is 1. The molecular formula is C20H19N3O3S. The maximum atomic E-state index is 13.1. The molecule has 1 heterocycles. The summed E-state index contributed by atoms with van der Waals surface area (Å²) in [4.78, 5) is 28.1. The van der Waals surface area contributed by atoms with Crippen molar-refractivity contribution in [2.45, 2.75) is 26.8 Å². The minimum atomic E-state index is -0.446.